The molecule has 4 nitrogen and oxygen atoms in total. The first-order valence-electron chi connectivity index (χ1n) is 9.81. The summed E-state index contributed by atoms with van der Waals surface area (Å²) in [5.41, 5.74) is 5.28. The van der Waals surface area contributed by atoms with Gasteiger partial charge in [0.1, 0.15) is 0 Å². The van der Waals surface area contributed by atoms with Gasteiger partial charge >= 0.3 is 0 Å². The molecular weight excluding hydrogens is 334 g/mol. The fourth-order valence-corrected chi connectivity index (χ4v) is 3.64. The van der Waals surface area contributed by atoms with Gasteiger partial charge in [0.15, 0.2) is 0 Å². The highest BCUT2D eigenvalue weighted by atomic mass is 16.1. The van der Waals surface area contributed by atoms with Crippen LogP contribution in [0.5, 0.6) is 0 Å². The van der Waals surface area contributed by atoms with Crippen LogP contribution in [0.15, 0.2) is 48.5 Å². The molecule has 3 rings (SSSR count). The second-order valence-corrected chi connectivity index (χ2v) is 7.89. The summed E-state index contributed by atoms with van der Waals surface area (Å²) < 4.78 is 0. The zero-order valence-corrected chi connectivity index (χ0v) is 16.9. The molecule has 0 radical (unpaired) electrons. The zero-order valence-electron chi connectivity index (χ0n) is 16.9. The van der Waals surface area contributed by atoms with E-state index in [1.54, 1.807) is 0 Å². The molecule has 4 heteroatoms. The Morgan fingerprint density at radius 2 is 1.74 bits per heavy atom. The second-order valence-electron chi connectivity index (χ2n) is 7.89. The average molecular weight is 366 g/mol. The zero-order chi connectivity index (χ0) is 19.4. The molecule has 27 heavy (non-hydrogen) atoms. The number of carbonyl (C=O) groups is 1. The van der Waals surface area contributed by atoms with Crippen molar-refractivity contribution in [2.45, 2.75) is 32.9 Å². The van der Waals surface area contributed by atoms with Crippen molar-refractivity contribution in [3.63, 3.8) is 0 Å². The molecule has 1 aliphatic rings. The summed E-state index contributed by atoms with van der Waals surface area (Å²) in [6, 6.07) is 17.6. The molecular formula is C23H31N3O. The fourth-order valence-electron chi connectivity index (χ4n) is 3.64. The number of benzene rings is 2. The van der Waals surface area contributed by atoms with Gasteiger partial charge in [0.05, 0.1) is 6.04 Å². The lowest BCUT2D eigenvalue weighted by molar-refractivity contribution is -0.124. The predicted octanol–water partition coefficient (Wildman–Crippen LogP) is 3.62. The lowest BCUT2D eigenvalue weighted by atomic mass is 9.96. The Morgan fingerprint density at radius 1 is 1.07 bits per heavy atom. The van der Waals surface area contributed by atoms with E-state index in [9.17, 15) is 4.79 Å². The lowest BCUT2D eigenvalue weighted by Crippen LogP contribution is -2.41. The average Bonchev–Trinajstić information content (AvgIpc) is 2.68. The topological polar surface area (TPSA) is 35.6 Å². The van der Waals surface area contributed by atoms with Crippen molar-refractivity contribution in [3.05, 3.63) is 65.2 Å². The third-order valence-electron chi connectivity index (χ3n) is 5.39. The van der Waals surface area contributed by atoms with Crippen LogP contribution in [0.2, 0.25) is 0 Å². The molecule has 2 aromatic carbocycles. The summed E-state index contributed by atoms with van der Waals surface area (Å²) in [5.74, 6) is 0.117. The fraction of sp³-hybridized carbons (Fsp3) is 0.435. The third kappa shape index (κ3) is 4.69. The number of rotatable bonds is 6. The van der Waals surface area contributed by atoms with Gasteiger partial charge in [0.2, 0.25) is 5.91 Å². The Labute approximate surface area is 163 Å². The van der Waals surface area contributed by atoms with Crippen molar-refractivity contribution in [1.82, 2.24) is 10.2 Å². The molecule has 1 amide bonds. The quantitative estimate of drug-likeness (QED) is 0.849. The number of amides is 1. The number of nitrogens with one attached hydrogen (secondary N) is 1. The molecule has 1 aliphatic heterocycles. The highest BCUT2D eigenvalue weighted by Crippen LogP contribution is 2.28. The van der Waals surface area contributed by atoms with Gasteiger partial charge in [-0.2, -0.15) is 0 Å². The first-order valence-corrected chi connectivity index (χ1v) is 9.81. The van der Waals surface area contributed by atoms with E-state index in [0.29, 0.717) is 6.54 Å². The molecule has 1 N–H and O–H groups in total. The van der Waals surface area contributed by atoms with Gasteiger partial charge in [0.25, 0.3) is 0 Å². The molecule has 0 saturated carbocycles. The molecule has 0 aliphatic carbocycles. The van der Waals surface area contributed by atoms with E-state index in [1.165, 1.54) is 22.4 Å². The number of nitrogens with zero attached hydrogens (tertiary/aromatic N) is 2. The smallest absolute Gasteiger partial charge is 0.222 e. The Bertz CT molecular complexity index is 767. The molecule has 0 fully saturated rings. The van der Waals surface area contributed by atoms with Gasteiger partial charge in [-0.05, 0) is 35.2 Å². The Hall–Kier alpha value is -2.33. The molecule has 0 unspecified atom stereocenters. The maximum atomic E-state index is 12.2. The molecule has 2 aromatic rings. The Kier molecular flexibility index (Phi) is 6.17. The van der Waals surface area contributed by atoms with Crippen LogP contribution < -0.4 is 10.2 Å². The van der Waals surface area contributed by atoms with Crippen LogP contribution in [-0.4, -0.2) is 38.0 Å². The molecule has 0 aromatic heterocycles. The van der Waals surface area contributed by atoms with E-state index in [4.69, 9.17) is 0 Å². The summed E-state index contributed by atoms with van der Waals surface area (Å²) in [5, 5.41) is 3.15. The molecule has 0 bridgehead atoms. The lowest BCUT2D eigenvalue weighted by Gasteiger charge is -2.36. The van der Waals surface area contributed by atoms with E-state index >= 15 is 0 Å². The summed E-state index contributed by atoms with van der Waals surface area (Å²) in [4.78, 5) is 16.8. The van der Waals surface area contributed by atoms with E-state index in [1.807, 2.05) is 13.8 Å². The van der Waals surface area contributed by atoms with Gasteiger partial charge in [0, 0.05) is 45.3 Å². The van der Waals surface area contributed by atoms with E-state index in [0.717, 1.165) is 19.5 Å². The van der Waals surface area contributed by atoms with E-state index < -0.39 is 0 Å². The monoisotopic (exact) mass is 365 g/mol. The molecule has 0 saturated heterocycles. The Balaban J connectivity index is 1.82. The van der Waals surface area contributed by atoms with Crippen LogP contribution in [0.1, 0.15) is 36.6 Å². The SMILES string of the molecule is CC(C)C(=O)NC[C@H](c1ccc(N(C)C)cc1)N1CCc2ccccc2C1. The predicted molar refractivity (Wildman–Crippen MR) is 112 cm³/mol. The van der Waals surface area contributed by atoms with Crippen LogP contribution in [0.3, 0.4) is 0 Å². The van der Waals surface area contributed by atoms with Crippen molar-refractivity contribution in [2.24, 2.45) is 5.92 Å². The number of hydrogen-bond donors (Lipinski definition) is 1. The normalized spacial score (nSPS) is 15.3. The largest absolute Gasteiger partial charge is 0.378 e. The standard InChI is InChI=1S/C23H31N3O/c1-17(2)23(27)24-15-22(19-9-11-21(12-10-19)25(3)4)26-14-13-18-7-5-6-8-20(18)16-26/h5-12,17,22H,13-16H2,1-4H3,(H,24,27)/t22-/m1/s1. The molecule has 1 heterocycles. The minimum Gasteiger partial charge on any atom is -0.378 e. The Morgan fingerprint density at radius 3 is 2.37 bits per heavy atom. The summed E-state index contributed by atoms with van der Waals surface area (Å²) in [6.45, 7) is 6.45. The second kappa shape index (κ2) is 8.57. The number of fused-ring (bicyclic) bond motifs is 1. The minimum atomic E-state index is 0.00356. The number of anilines is 1. The van der Waals surface area contributed by atoms with Crippen LogP contribution in [0, 0.1) is 5.92 Å². The number of carbonyl (C=O) groups excluding carboxylic acids is 1. The van der Waals surface area contributed by atoms with Gasteiger partial charge in [-0.3, -0.25) is 9.69 Å². The van der Waals surface area contributed by atoms with Crippen molar-refractivity contribution < 1.29 is 4.79 Å². The first-order chi connectivity index (χ1) is 13.0. The highest BCUT2D eigenvalue weighted by molar-refractivity contribution is 5.77. The molecule has 1 atom stereocenters. The van der Waals surface area contributed by atoms with Crippen LogP contribution in [-0.2, 0) is 17.8 Å². The third-order valence-corrected chi connectivity index (χ3v) is 5.39. The van der Waals surface area contributed by atoms with Crippen LogP contribution in [0.25, 0.3) is 0 Å². The van der Waals surface area contributed by atoms with Crippen molar-refractivity contribution >= 4 is 11.6 Å². The van der Waals surface area contributed by atoms with Crippen molar-refractivity contribution in [3.8, 4) is 0 Å². The molecule has 144 valence electrons. The van der Waals surface area contributed by atoms with Crippen molar-refractivity contribution in [1.29, 1.82) is 0 Å². The first kappa shape index (κ1) is 19.4. The maximum Gasteiger partial charge on any atom is 0.222 e. The highest BCUT2D eigenvalue weighted by Gasteiger charge is 2.25. The van der Waals surface area contributed by atoms with Crippen molar-refractivity contribution in [2.75, 3.05) is 32.1 Å². The summed E-state index contributed by atoms with van der Waals surface area (Å²) >= 11 is 0. The number of hydrogen-bond acceptors (Lipinski definition) is 3. The van der Waals surface area contributed by atoms with Gasteiger partial charge in [-0.15, -0.1) is 0 Å². The maximum absolute atomic E-state index is 12.2. The van der Waals surface area contributed by atoms with E-state index in [2.05, 4.69) is 77.7 Å². The molecule has 0 spiro atoms. The minimum absolute atomic E-state index is 0.00356. The van der Waals surface area contributed by atoms with Gasteiger partial charge in [-0.1, -0.05) is 50.2 Å². The van der Waals surface area contributed by atoms with Gasteiger partial charge < -0.3 is 10.2 Å². The van der Waals surface area contributed by atoms with E-state index in [-0.39, 0.29) is 17.9 Å². The van der Waals surface area contributed by atoms with Crippen LogP contribution >= 0.6 is 0 Å². The summed E-state index contributed by atoms with van der Waals surface area (Å²) in [6.07, 6.45) is 1.06. The van der Waals surface area contributed by atoms with Gasteiger partial charge in [-0.25, -0.2) is 0 Å². The summed E-state index contributed by atoms with van der Waals surface area (Å²) in [7, 11) is 4.10. The van der Waals surface area contributed by atoms with Crippen LogP contribution in [0.4, 0.5) is 5.69 Å².